The molecule has 0 aliphatic heterocycles. The van der Waals surface area contributed by atoms with Crippen molar-refractivity contribution < 1.29 is 8.78 Å². The molecule has 0 radical (unpaired) electrons. The highest BCUT2D eigenvalue weighted by atomic mass is 19.1. The summed E-state index contributed by atoms with van der Waals surface area (Å²) in [7, 11) is 0. The molecule has 0 aliphatic rings. The van der Waals surface area contributed by atoms with Gasteiger partial charge in [0.25, 0.3) is 0 Å². The van der Waals surface area contributed by atoms with Crippen LogP contribution in [0.4, 0.5) is 8.78 Å². The molecule has 1 rings (SSSR count). The number of unbranched alkanes of at least 4 members (excludes halogenated alkanes) is 31. The SMILES string of the molecule is CCCCCCCCCCCCCCCCc1ccnc(CCCCCCCCCCCCF)c1CCCCCCCCCCCCF. The molecule has 0 aromatic carbocycles. The zero-order valence-corrected chi connectivity index (χ0v) is 32.4. The standard InChI is InChI=1S/C45H83F2N/c1-2-3-4-5-6-7-8-9-10-11-16-21-26-31-36-43-39-42-48-45(38-33-28-23-18-13-15-20-25-30-35-41-47)44(43)37-32-27-22-17-12-14-19-24-29-34-40-46/h39,42H,2-38,40-41H2,1H3. The van der Waals surface area contributed by atoms with Crippen LogP contribution in [0.3, 0.4) is 0 Å². The number of aryl methyl sites for hydroxylation is 2. The first-order valence-corrected chi connectivity index (χ1v) is 21.9. The lowest BCUT2D eigenvalue weighted by molar-refractivity contribution is 0.448. The van der Waals surface area contributed by atoms with Crippen molar-refractivity contribution in [2.75, 3.05) is 13.3 Å². The highest BCUT2D eigenvalue weighted by Gasteiger charge is 2.10. The molecule has 3 heteroatoms. The van der Waals surface area contributed by atoms with Gasteiger partial charge in [0.05, 0.1) is 13.3 Å². The first kappa shape index (κ1) is 45.0. The van der Waals surface area contributed by atoms with Crippen LogP contribution in [0.5, 0.6) is 0 Å². The summed E-state index contributed by atoms with van der Waals surface area (Å²) >= 11 is 0. The summed E-state index contributed by atoms with van der Waals surface area (Å²) in [6.45, 7) is 2.00. The van der Waals surface area contributed by atoms with Gasteiger partial charge in [-0.05, 0) is 68.6 Å². The molecule has 48 heavy (non-hydrogen) atoms. The van der Waals surface area contributed by atoms with Crippen LogP contribution in [-0.4, -0.2) is 18.3 Å². The number of alkyl halides is 2. The Bertz CT molecular complexity index is 765. The number of aromatic nitrogens is 1. The Balaban J connectivity index is 2.35. The first-order valence-electron chi connectivity index (χ1n) is 21.9. The van der Waals surface area contributed by atoms with Gasteiger partial charge in [-0.3, -0.25) is 13.8 Å². The molecule has 0 atom stereocenters. The van der Waals surface area contributed by atoms with Crippen LogP contribution in [-0.2, 0) is 19.3 Å². The maximum Gasteiger partial charge on any atom is 0.0894 e. The smallest absolute Gasteiger partial charge is 0.0894 e. The number of halogens is 2. The van der Waals surface area contributed by atoms with E-state index in [0.29, 0.717) is 0 Å². The van der Waals surface area contributed by atoms with Crippen molar-refractivity contribution in [1.82, 2.24) is 4.98 Å². The Labute approximate surface area is 300 Å². The van der Waals surface area contributed by atoms with E-state index in [1.165, 1.54) is 211 Å². The minimum Gasteiger partial charge on any atom is -0.261 e. The lowest BCUT2D eigenvalue weighted by Gasteiger charge is -2.15. The molecule has 0 amide bonds. The van der Waals surface area contributed by atoms with Crippen LogP contribution in [0.25, 0.3) is 0 Å². The molecule has 0 saturated carbocycles. The van der Waals surface area contributed by atoms with Crippen LogP contribution in [0.15, 0.2) is 12.3 Å². The van der Waals surface area contributed by atoms with Crippen LogP contribution in [0.1, 0.15) is 242 Å². The van der Waals surface area contributed by atoms with Gasteiger partial charge < -0.3 is 0 Å². The van der Waals surface area contributed by atoms with E-state index in [4.69, 9.17) is 4.98 Å². The number of pyridine rings is 1. The maximum absolute atomic E-state index is 12.3. The van der Waals surface area contributed by atoms with Crippen molar-refractivity contribution in [3.63, 3.8) is 0 Å². The maximum atomic E-state index is 12.3. The van der Waals surface area contributed by atoms with E-state index in [2.05, 4.69) is 19.2 Å². The molecule has 0 aliphatic carbocycles. The third-order valence-corrected chi connectivity index (χ3v) is 10.6. The van der Waals surface area contributed by atoms with Gasteiger partial charge in [0.2, 0.25) is 0 Å². The number of hydrogen-bond donors (Lipinski definition) is 0. The Hall–Kier alpha value is -0.990. The second-order valence-corrected chi connectivity index (χ2v) is 15.2. The summed E-state index contributed by atoms with van der Waals surface area (Å²) < 4.78 is 24.5. The summed E-state index contributed by atoms with van der Waals surface area (Å²) in [5.74, 6) is 0. The third kappa shape index (κ3) is 28.8. The number of nitrogens with zero attached hydrogens (tertiary/aromatic N) is 1. The van der Waals surface area contributed by atoms with Gasteiger partial charge in [-0.2, -0.15) is 0 Å². The van der Waals surface area contributed by atoms with Gasteiger partial charge in [-0.1, -0.05) is 193 Å². The van der Waals surface area contributed by atoms with Crippen LogP contribution < -0.4 is 0 Å². The fourth-order valence-electron chi connectivity index (χ4n) is 7.46. The molecular weight excluding hydrogens is 592 g/mol. The van der Waals surface area contributed by atoms with Crippen molar-refractivity contribution in [2.24, 2.45) is 0 Å². The summed E-state index contributed by atoms with van der Waals surface area (Å²) in [5, 5.41) is 0. The van der Waals surface area contributed by atoms with Crippen LogP contribution in [0, 0.1) is 0 Å². The molecule has 0 fully saturated rings. The van der Waals surface area contributed by atoms with Gasteiger partial charge in [-0.15, -0.1) is 0 Å². The molecule has 1 aromatic rings. The van der Waals surface area contributed by atoms with Crippen molar-refractivity contribution in [3.8, 4) is 0 Å². The van der Waals surface area contributed by atoms with E-state index in [1.807, 2.05) is 0 Å². The molecule has 282 valence electrons. The molecular formula is C45H83F2N. The van der Waals surface area contributed by atoms with Crippen molar-refractivity contribution in [3.05, 3.63) is 29.1 Å². The number of rotatable bonds is 39. The quantitative estimate of drug-likeness (QED) is 0.0633. The summed E-state index contributed by atoms with van der Waals surface area (Å²) in [6.07, 6.45) is 50.1. The van der Waals surface area contributed by atoms with Crippen molar-refractivity contribution in [1.29, 1.82) is 0 Å². The zero-order chi connectivity index (χ0) is 34.4. The minimum absolute atomic E-state index is 0.148. The van der Waals surface area contributed by atoms with Crippen LogP contribution >= 0.6 is 0 Å². The molecule has 0 bridgehead atoms. The Kier molecular flexibility index (Phi) is 35.0. The lowest BCUT2D eigenvalue weighted by atomic mass is 9.93. The van der Waals surface area contributed by atoms with Crippen molar-refractivity contribution in [2.45, 2.75) is 244 Å². The van der Waals surface area contributed by atoms with Gasteiger partial charge in [0.1, 0.15) is 0 Å². The Morgan fingerprint density at radius 1 is 0.375 bits per heavy atom. The highest BCUT2D eigenvalue weighted by molar-refractivity contribution is 5.31. The predicted molar refractivity (Wildman–Crippen MR) is 210 cm³/mol. The second kappa shape index (κ2) is 37.3. The van der Waals surface area contributed by atoms with Crippen LogP contribution in [0.2, 0.25) is 0 Å². The van der Waals surface area contributed by atoms with E-state index >= 15 is 0 Å². The molecule has 0 unspecified atom stereocenters. The summed E-state index contributed by atoms with van der Waals surface area (Å²) in [4.78, 5) is 4.96. The van der Waals surface area contributed by atoms with Gasteiger partial charge in [-0.25, -0.2) is 0 Å². The summed E-state index contributed by atoms with van der Waals surface area (Å²) in [5.41, 5.74) is 4.60. The monoisotopic (exact) mass is 676 g/mol. The molecule has 0 spiro atoms. The molecule has 0 saturated heterocycles. The second-order valence-electron chi connectivity index (χ2n) is 15.2. The number of hydrogen-bond acceptors (Lipinski definition) is 1. The van der Waals surface area contributed by atoms with Gasteiger partial charge >= 0.3 is 0 Å². The zero-order valence-electron chi connectivity index (χ0n) is 32.4. The fourth-order valence-corrected chi connectivity index (χ4v) is 7.46. The topological polar surface area (TPSA) is 12.9 Å². The average molecular weight is 676 g/mol. The van der Waals surface area contributed by atoms with Gasteiger partial charge in [0.15, 0.2) is 0 Å². The normalized spacial score (nSPS) is 11.6. The van der Waals surface area contributed by atoms with E-state index in [1.54, 1.807) is 11.1 Å². The Morgan fingerprint density at radius 3 is 1.06 bits per heavy atom. The highest BCUT2D eigenvalue weighted by Crippen LogP contribution is 2.23. The first-order chi connectivity index (χ1) is 23.8. The third-order valence-electron chi connectivity index (χ3n) is 10.6. The lowest BCUT2D eigenvalue weighted by Crippen LogP contribution is -2.04. The largest absolute Gasteiger partial charge is 0.261 e. The van der Waals surface area contributed by atoms with Gasteiger partial charge in [0, 0.05) is 11.9 Å². The van der Waals surface area contributed by atoms with E-state index in [0.717, 1.165) is 32.1 Å². The summed E-state index contributed by atoms with van der Waals surface area (Å²) in [6, 6.07) is 2.34. The Morgan fingerprint density at radius 2 is 0.688 bits per heavy atom. The van der Waals surface area contributed by atoms with E-state index in [9.17, 15) is 8.78 Å². The molecule has 1 aromatic heterocycles. The average Bonchev–Trinajstić information content (AvgIpc) is 3.10. The predicted octanol–water partition coefficient (Wildman–Crippen LogP) is 15.9. The molecule has 0 N–H and O–H groups in total. The van der Waals surface area contributed by atoms with E-state index < -0.39 is 0 Å². The van der Waals surface area contributed by atoms with E-state index in [-0.39, 0.29) is 13.3 Å². The molecule has 1 nitrogen and oxygen atoms in total. The van der Waals surface area contributed by atoms with Crippen molar-refractivity contribution >= 4 is 0 Å². The minimum atomic E-state index is -0.149. The fraction of sp³-hybridized carbons (Fsp3) is 0.889. The molecule has 1 heterocycles.